The minimum absolute atomic E-state index is 0.0871. The molecule has 0 unspecified atom stereocenters. The van der Waals surface area contributed by atoms with Crippen LogP contribution in [0.5, 0.6) is 0 Å². The van der Waals surface area contributed by atoms with Gasteiger partial charge < -0.3 is 10.1 Å². The lowest BCUT2D eigenvalue weighted by molar-refractivity contribution is -0.384. The number of nitrogens with zero attached hydrogens (tertiary/aromatic N) is 1. The number of nitro benzene ring substituents is 1. The Hall–Kier alpha value is -1.62. The first-order valence-electron chi connectivity index (χ1n) is 5.72. The smallest absolute Gasteiger partial charge is 0.292 e. The molecule has 0 bridgehead atoms. The predicted molar refractivity (Wildman–Crippen MR) is 67.2 cm³/mol. The first-order chi connectivity index (χ1) is 8.20. The van der Waals surface area contributed by atoms with Crippen LogP contribution in [0.15, 0.2) is 18.2 Å². The van der Waals surface area contributed by atoms with Crippen molar-refractivity contribution in [1.29, 1.82) is 0 Å². The molecular formula is C12H18N2O3. The second-order valence-electron chi connectivity index (χ2n) is 3.72. The van der Waals surface area contributed by atoms with Gasteiger partial charge in [-0.05, 0) is 6.42 Å². The van der Waals surface area contributed by atoms with E-state index < -0.39 is 0 Å². The Bertz CT molecular complexity index is 380. The molecule has 0 fully saturated rings. The SMILES string of the molecule is CCCCOCc1cccc([N+](=O)[O-])c1NC. The number of benzene rings is 1. The van der Waals surface area contributed by atoms with Crippen LogP contribution in [0.2, 0.25) is 0 Å². The van der Waals surface area contributed by atoms with E-state index >= 15 is 0 Å². The fourth-order valence-electron chi connectivity index (χ4n) is 1.58. The first-order valence-corrected chi connectivity index (χ1v) is 5.72. The Morgan fingerprint density at radius 1 is 1.47 bits per heavy atom. The van der Waals surface area contributed by atoms with Crippen molar-refractivity contribution in [1.82, 2.24) is 0 Å². The molecule has 1 N–H and O–H groups in total. The van der Waals surface area contributed by atoms with Crippen molar-refractivity contribution in [2.75, 3.05) is 19.0 Å². The molecule has 0 aliphatic rings. The third-order valence-corrected chi connectivity index (χ3v) is 2.48. The number of unbranched alkanes of at least 4 members (excludes halogenated alkanes) is 1. The highest BCUT2D eigenvalue weighted by Gasteiger charge is 2.15. The lowest BCUT2D eigenvalue weighted by atomic mass is 10.1. The van der Waals surface area contributed by atoms with Crippen molar-refractivity contribution in [2.24, 2.45) is 0 Å². The summed E-state index contributed by atoms with van der Waals surface area (Å²) in [5, 5.41) is 13.7. The van der Waals surface area contributed by atoms with Crippen LogP contribution in [0.4, 0.5) is 11.4 Å². The van der Waals surface area contributed by atoms with Crippen LogP contribution >= 0.6 is 0 Å². The van der Waals surface area contributed by atoms with Crippen LogP contribution in [0, 0.1) is 10.1 Å². The summed E-state index contributed by atoms with van der Waals surface area (Å²) in [6.07, 6.45) is 2.08. The number of nitrogens with one attached hydrogen (secondary N) is 1. The number of anilines is 1. The molecule has 0 saturated heterocycles. The molecule has 0 spiro atoms. The maximum atomic E-state index is 10.8. The van der Waals surface area contributed by atoms with Gasteiger partial charge in [0.2, 0.25) is 0 Å². The van der Waals surface area contributed by atoms with Crippen LogP contribution in [0.1, 0.15) is 25.3 Å². The lowest BCUT2D eigenvalue weighted by Crippen LogP contribution is -2.03. The number of nitro groups is 1. The van der Waals surface area contributed by atoms with E-state index in [0.717, 1.165) is 18.4 Å². The summed E-state index contributed by atoms with van der Waals surface area (Å²) < 4.78 is 5.47. The van der Waals surface area contributed by atoms with Crippen molar-refractivity contribution in [2.45, 2.75) is 26.4 Å². The van der Waals surface area contributed by atoms with E-state index in [4.69, 9.17) is 4.74 Å². The number of para-hydroxylation sites is 1. The zero-order valence-corrected chi connectivity index (χ0v) is 10.2. The van der Waals surface area contributed by atoms with Crippen LogP contribution in [-0.2, 0) is 11.3 Å². The quantitative estimate of drug-likeness (QED) is 0.450. The zero-order chi connectivity index (χ0) is 12.7. The highest BCUT2D eigenvalue weighted by atomic mass is 16.6. The number of hydrogen-bond donors (Lipinski definition) is 1. The zero-order valence-electron chi connectivity index (χ0n) is 10.2. The van der Waals surface area contributed by atoms with Gasteiger partial charge in [0, 0.05) is 25.3 Å². The monoisotopic (exact) mass is 238 g/mol. The molecule has 0 aromatic heterocycles. The van der Waals surface area contributed by atoms with Crippen LogP contribution in [0.3, 0.4) is 0 Å². The van der Waals surface area contributed by atoms with Crippen LogP contribution in [-0.4, -0.2) is 18.6 Å². The largest absolute Gasteiger partial charge is 0.382 e. The van der Waals surface area contributed by atoms with E-state index in [2.05, 4.69) is 12.2 Å². The molecule has 1 aromatic carbocycles. The van der Waals surface area contributed by atoms with E-state index in [0.29, 0.717) is 18.9 Å². The highest BCUT2D eigenvalue weighted by molar-refractivity contribution is 5.65. The second-order valence-corrected chi connectivity index (χ2v) is 3.72. The number of rotatable bonds is 7. The van der Waals surface area contributed by atoms with Crippen molar-refractivity contribution in [3.63, 3.8) is 0 Å². The molecule has 1 aromatic rings. The van der Waals surface area contributed by atoms with E-state index in [-0.39, 0.29) is 10.6 Å². The Morgan fingerprint density at radius 3 is 2.82 bits per heavy atom. The standard InChI is InChI=1S/C12H18N2O3/c1-3-4-8-17-9-10-6-5-7-11(14(15)16)12(10)13-2/h5-7,13H,3-4,8-9H2,1-2H3. The topological polar surface area (TPSA) is 64.4 Å². The van der Waals surface area contributed by atoms with E-state index in [1.165, 1.54) is 6.07 Å². The van der Waals surface area contributed by atoms with Gasteiger partial charge in [-0.25, -0.2) is 0 Å². The van der Waals surface area contributed by atoms with E-state index in [1.807, 2.05) is 6.07 Å². The van der Waals surface area contributed by atoms with Gasteiger partial charge >= 0.3 is 0 Å². The Balaban J connectivity index is 2.77. The summed E-state index contributed by atoms with van der Waals surface area (Å²) in [7, 11) is 1.68. The van der Waals surface area contributed by atoms with Gasteiger partial charge in [-0.15, -0.1) is 0 Å². The summed E-state index contributed by atoms with van der Waals surface area (Å²) in [6.45, 7) is 3.18. The van der Waals surface area contributed by atoms with E-state index in [1.54, 1.807) is 13.1 Å². The van der Waals surface area contributed by atoms with Crippen molar-refractivity contribution >= 4 is 11.4 Å². The normalized spacial score (nSPS) is 10.2. The van der Waals surface area contributed by atoms with Crippen molar-refractivity contribution in [3.05, 3.63) is 33.9 Å². The molecule has 5 heteroatoms. The average molecular weight is 238 g/mol. The molecule has 17 heavy (non-hydrogen) atoms. The Morgan fingerprint density at radius 2 is 2.24 bits per heavy atom. The molecule has 0 radical (unpaired) electrons. The average Bonchev–Trinajstić information content (AvgIpc) is 2.34. The fourth-order valence-corrected chi connectivity index (χ4v) is 1.58. The Kier molecular flexibility index (Phi) is 5.42. The van der Waals surface area contributed by atoms with Gasteiger partial charge in [0.1, 0.15) is 5.69 Å². The highest BCUT2D eigenvalue weighted by Crippen LogP contribution is 2.28. The molecular weight excluding hydrogens is 220 g/mol. The molecule has 0 amide bonds. The summed E-state index contributed by atoms with van der Waals surface area (Å²) >= 11 is 0. The van der Waals surface area contributed by atoms with Gasteiger partial charge in [-0.1, -0.05) is 25.5 Å². The molecule has 0 aliphatic carbocycles. The first kappa shape index (κ1) is 13.4. The Labute approximate surface area is 101 Å². The molecule has 0 atom stereocenters. The van der Waals surface area contributed by atoms with Gasteiger partial charge in [0.05, 0.1) is 11.5 Å². The maximum Gasteiger partial charge on any atom is 0.292 e. The van der Waals surface area contributed by atoms with Crippen molar-refractivity contribution < 1.29 is 9.66 Å². The van der Waals surface area contributed by atoms with Crippen molar-refractivity contribution in [3.8, 4) is 0 Å². The number of ether oxygens (including phenoxy) is 1. The molecule has 0 saturated carbocycles. The third kappa shape index (κ3) is 3.71. The minimum Gasteiger partial charge on any atom is -0.382 e. The molecule has 0 heterocycles. The molecule has 0 aliphatic heterocycles. The molecule has 1 rings (SSSR count). The second kappa shape index (κ2) is 6.85. The van der Waals surface area contributed by atoms with E-state index in [9.17, 15) is 10.1 Å². The third-order valence-electron chi connectivity index (χ3n) is 2.48. The lowest BCUT2D eigenvalue weighted by Gasteiger charge is -2.09. The maximum absolute atomic E-state index is 10.8. The van der Waals surface area contributed by atoms with Gasteiger partial charge in [-0.2, -0.15) is 0 Å². The van der Waals surface area contributed by atoms with Crippen LogP contribution in [0.25, 0.3) is 0 Å². The summed E-state index contributed by atoms with van der Waals surface area (Å²) in [5.74, 6) is 0. The van der Waals surface area contributed by atoms with Gasteiger partial charge in [-0.3, -0.25) is 10.1 Å². The van der Waals surface area contributed by atoms with Crippen LogP contribution < -0.4 is 5.32 Å². The minimum atomic E-state index is -0.388. The molecule has 94 valence electrons. The van der Waals surface area contributed by atoms with Gasteiger partial charge in [0.15, 0.2) is 0 Å². The summed E-state index contributed by atoms with van der Waals surface area (Å²) in [6, 6.07) is 5.00. The summed E-state index contributed by atoms with van der Waals surface area (Å²) in [5.41, 5.74) is 1.44. The molecule has 5 nitrogen and oxygen atoms in total. The number of hydrogen-bond acceptors (Lipinski definition) is 4. The van der Waals surface area contributed by atoms with Gasteiger partial charge in [0.25, 0.3) is 5.69 Å². The summed E-state index contributed by atoms with van der Waals surface area (Å²) in [4.78, 5) is 10.4. The predicted octanol–water partition coefficient (Wildman–Crippen LogP) is 2.95. The fraction of sp³-hybridized carbons (Fsp3) is 0.500.